The van der Waals surface area contributed by atoms with Crippen LogP contribution < -0.4 is 11.1 Å². The molecule has 92 valence electrons. The summed E-state index contributed by atoms with van der Waals surface area (Å²) in [6, 6.07) is 11.8. The van der Waals surface area contributed by atoms with Crippen molar-refractivity contribution in [3.8, 4) is 0 Å². The number of nitro groups is 1. The molecule has 0 aliphatic heterocycles. The summed E-state index contributed by atoms with van der Waals surface area (Å²) < 4.78 is 0.664. The standard InChI is InChI=1S/C12H10BrN3O2/c13-8-1-6-11(12(7-8)16(17)18)15-10-4-2-9(14)3-5-10/h1-7,15H,14H2. The van der Waals surface area contributed by atoms with Crippen LogP contribution >= 0.6 is 15.9 Å². The molecule has 0 spiro atoms. The average Bonchev–Trinajstić information content (AvgIpc) is 2.34. The molecule has 0 aliphatic rings. The monoisotopic (exact) mass is 307 g/mol. The number of nitrogen functional groups attached to an aromatic ring is 1. The van der Waals surface area contributed by atoms with E-state index in [4.69, 9.17) is 5.73 Å². The zero-order valence-corrected chi connectivity index (χ0v) is 10.8. The molecule has 0 bridgehead atoms. The van der Waals surface area contributed by atoms with Crippen LogP contribution in [0.3, 0.4) is 0 Å². The zero-order valence-electron chi connectivity index (χ0n) is 9.26. The molecule has 0 saturated heterocycles. The molecular formula is C12H10BrN3O2. The van der Waals surface area contributed by atoms with Gasteiger partial charge in [0.05, 0.1) is 4.92 Å². The zero-order chi connectivity index (χ0) is 13.1. The van der Waals surface area contributed by atoms with Crippen LogP contribution in [0.15, 0.2) is 46.9 Å². The molecule has 0 amide bonds. The Balaban J connectivity index is 2.34. The van der Waals surface area contributed by atoms with Crippen molar-refractivity contribution in [2.75, 3.05) is 11.1 Å². The largest absolute Gasteiger partial charge is 0.399 e. The minimum Gasteiger partial charge on any atom is -0.399 e. The van der Waals surface area contributed by atoms with Gasteiger partial charge in [0.2, 0.25) is 0 Å². The Labute approximate surface area is 112 Å². The molecule has 0 heterocycles. The second-order valence-corrected chi connectivity index (χ2v) is 4.58. The van der Waals surface area contributed by atoms with Crippen LogP contribution in [0, 0.1) is 10.1 Å². The predicted molar refractivity (Wildman–Crippen MR) is 74.9 cm³/mol. The maximum absolute atomic E-state index is 10.9. The summed E-state index contributed by atoms with van der Waals surface area (Å²) in [5.41, 5.74) is 7.42. The lowest BCUT2D eigenvalue weighted by molar-refractivity contribution is -0.384. The van der Waals surface area contributed by atoms with E-state index in [-0.39, 0.29) is 5.69 Å². The molecule has 6 heteroatoms. The van der Waals surface area contributed by atoms with E-state index >= 15 is 0 Å². The van der Waals surface area contributed by atoms with Crippen LogP contribution in [0.1, 0.15) is 0 Å². The first kappa shape index (κ1) is 12.4. The summed E-state index contributed by atoms with van der Waals surface area (Å²) in [5.74, 6) is 0. The molecule has 0 radical (unpaired) electrons. The number of rotatable bonds is 3. The van der Waals surface area contributed by atoms with Gasteiger partial charge in [0.15, 0.2) is 0 Å². The van der Waals surface area contributed by atoms with Crippen molar-refractivity contribution in [3.63, 3.8) is 0 Å². The van der Waals surface area contributed by atoms with Crippen molar-refractivity contribution in [1.29, 1.82) is 0 Å². The number of nitrogens with zero attached hydrogens (tertiary/aromatic N) is 1. The van der Waals surface area contributed by atoms with Crippen LogP contribution in [0.4, 0.5) is 22.7 Å². The minimum atomic E-state index is -0.426. The van der Waals surface area contributed by atoms with Gasteiger partial charge in [0.25, 0.3) is 5.69 Å². The van der Waals surface area contributed by atoms with Gasteiger partial charge >= 0.3 is 0 Å². The second-order valence-electron chi connectivity index (χ2n) is 3.67. The molecule has 5 nitrogen and oxygen atoms in total. The Kier molecular flexibility index (Phi) is 3.47. The number of nitro benzene ring substituents is 1. The van der Waals surface area contributed by atoms with E-state index in [2.05, 4.69) is 21.2 Å². The highest BCUT2D eigenvalue weighted by molar-refractivity contribution is 9.10. The summed E-state index contributed by atoms with van der Waals surface area (Å²) in [6.07, 6.45) is 0. The molecule has 3 N–H and O–H groups in total. The van der Waals surface area contributed by atoms with Gasteiger partial charge in [-0.15, -0.1) is 0 Å². The van der Waals surface area contributed by atoms with Crippen molar-refractivity contribution in [2.24, 2.45) is 0 Å². The molecule has 0 aromatic heterocycles. The van der Waals surface area contributed by atoms with Crippen molar-refractivity contribution < 1.29 is 4.92 Å². The van der Waals surface area contributed by atoms with Crippen molar-refractivity contribution >= 4 is 38.7 Å². The number of nitrogens with two attached hydrogens (primary N) is 1. The van der Waals surface area contributed by atoms with Crippen LogP contribution in [0.25, 0.3) is 0 Å². The molecule has 2 rings (SSSR count). The molecular weight excluding hydrogens is 298 g/mol. The number of hydrogen-bond acceptors (Lipinski definition) is 4. The van der Waals surface area contributed by atoms with E-state index in [0.717, 1.165) is 5.69 Å². The summed E-state index contributed by atoms with van der Waals surface area (Å²) in [4.78, 5) is 10.5. The molecule has 0 atom stereocenters. The van der Waals surface area contributed by atoms with Gasteiger partial charge in [0.1, 0.15) is 5.69 Å². The second kappa shape index (κ2) is 5.05. The smallest absolute Gasteiger partial charge is 0.293 e. The van der Waals surface area contributed by atoms with Gasteiger partial charge in [-0.2, -0.15) is 0 Å². The fraction of sp³-hybridized carbons (Fsp3) is 0. The molecule has 2 aromatic rings. The topological polar surface area (TPSA) is 81.2 Å². The number of halogens is 1. The minimum absolute atomic E-state index is 0.0150. The first-order valence-corrected chi connectivity index (χ1v) is 5.92. The lowest BCUT2D eigenvalue weighted by Gasteiger charge is -2.07. The van der Waals surface area contributed by atoms with E-state index in [0.29, 0.717) is 15.8 Å². The highest BCUT2D eigenvalue weighted by Crippen LogP contribution is 2.30. The normalized spacial score (nSPS) is 10.1. The van der Waals surface area contributed by atoms with Crippen molar-refractivity contribution in [1.82, 2.24) is 0 Å². The van der Waals surface area contributed by atoms with Crippen LogP contribution in [0.2, 0.25) is 0 Å². The Hall–Kier alpha value is -2.08. The third-order valence-corrected chi connectivity index (χ3v) is 2.84. The lowest BCUT2D eigenvalue weighted by Crippen LogP contribution is -1.97. The van der Waals surface area contributed by atoms with E-state index in [9.17, 15) is 10.1 Å². The number of anilines is 3. The molecule has 2 aromatic carbocycles. The summed E-state index contributed by atoms with van der Waals surface area (Å²) in [7, 11) is 0. The van der Waals surface area contributed by atoms with E-state index in [1.54, 1.807) is 36.4 Å². The molecule has 18 heavy (non-hydrogen) atoms. The maximum Gasteiger partial charge on any atom is 0.293 e. The Bertz CT molecular complexity index is 584. The Morgan fingerprint density at radius 1 is 1.17 bits per heavy atom. The number of nitrogens with one attached hydrogen (secondary N) is 1. The van der Waals surface area contributed by atoms with Gasteiger partial charge in [-0.3, -0.25) is 10.1 Å². The number of hydrogen-bond donors (Lipinski definition) is 2. The Morgan fingerprint density at radius 3 is 2.44 bits per heavy atom. The third kappa shape index (κ3) is 2.78. The van der Waals surface area contributed by atoms with E-state index in [1.807, 2.05) is 0 Å². The molecule has 0 aliphatic carbocycles. The quantitative estimate of drug-likeness (QED) is 0.515. The highest BCUT2D eigenvalue weighted by Gasteiger charge is 2.14. The average molecular weight is 308 g/mol. The first-order chi connectivity index (χ1) is 8.56. The highest BCUT2D eigenvalue weighted by atomic mass is 79.9. The van der Waals surface area contributed by atoms with Gasteiger partial charge in [-0.25, -0.2) is 0 Å². The van der Waals surface area contributed by atoms with Crippen LogP contribution in [-0.2, 0) is 0 Å². The van der Waals surface area contributed by atoms with Crippen molar-refractivity contribution in [3.05, 3.63) is 57.1 Å². The molecule has 0 unspecified atom stereocenters. The van der Waals surface area contributed by atoms with Crippen molar-refractivity contribution in [2.45, 2.75) is 0 Å². The van der Waals surface area contributed by atoms with E-state index in [1.165, 1.54) is 6.07 Å². The van der Waals surface area contributed by atoms with Gasteiger partial charge in [-0.05, 0) is 36.4 Å². The fourth-order valence-electron chi connectivity index (χ4n) is 1.48. The van der Waals surface area contributed by atoms with E-state index < -0.39 is 4.92 Å². The van der Waals surface area contributed by atoms with Gasteiger partial charge < -0.3 is 11.1 Å². The fourth-order valence-corrected chi connectivity index (χ4v) is 1.83. The molecule has 0 saturated carbocycles. The first-order valence-electron chi connectivity index (χ1n) is 5.13. The SMILES string of the molecule is Nc1ccc(Nc2ccc(Br)cc2[N+](=O)[O-])cc1. The predicted octanol–water partition coefficient (Wildman–Crippen LogP) is 3.68. The van der Waals surface area contributed by atoms with Crippen LogP contribution in [-0.4, -0.2) is 4.92 Å². The maximum atomic E-state index is 10.9. The van der Waals surface area contributed by atoms with Gasteiger partial charge in [-0.1, -0.05) is 15.9 Å². The molecule has 0 fully saturated rings. The summed E-state index contributed by atoms with van der Waals surface area (Å²) in [5, 5.41) is 13.9. The van der Waals surface area contributed by atoms with Gasteiger partial charge in [0, 0.05) is 21.9 Å². The summed E-state index contributed by atoms with van der Waals surface area (Å²) in [6.45, 7) is 0. The number of benzene rings is 2. The summed E-state index contributed by atoms with van der Waals surface area (Å²) >= 11 is 3.21. The lowest BCUT2D eigenvalue weighted by atomic mass is 10.2. The Morgan fingerprint density at radius 2 is 1.83 bits per heavy atom. The van der Waals surface area contributed by atoms with Crippen LogP contribution in [0.5, 0.6) is 0 Å². The third-order valence-electron chi connectivity index (χ3n) is 2.35.